The van der Waals surface area contributed by atoms with Crippen LogP contribution in [-0.2, 0) is 14.6 Å². The Kier molecular flexibility index (Phi) is 7.51. The van der Waals surface area contributed by atoms with Crippen LogP contribution in [0.5, 0.6) is 6.01 Å². The van der Waals surface area contributed by atoms with E-state index in [1.807, 2.05) is 26.8 Å². The molecule has 208 valence electrons. The molecule has 1 amide bonds. The maximum absolute atomic E-state index is 15.3. The summed E-state index contributed by atoms with van der Waals surface area (Å²) >= 11 is 5.40. The lowest BCUT2D eigenvalue weighted by Crippen LogP contribution is -2.62. The van der Waals surface area contributed by atoms with Crippen LogP contribution >= 0.6 is 38.5 Å². The molecule has 0 N–H and O–H groups in total. The van der Waals surface area contributed by atoms with E-state index in [2.05, 4.69) is 48.4 Å². The monoisotopic (exact) mass is 724 g/mol. The molecule has 2 aromatic rings. The van der Waals surface area contributed by atoms with Gasteiger partial charge in [0.2, 0.25) is 0 Å². The van der Waals surface area contributed by atoms with E-state index in [1.54, 1.807) is 4.90 Å². The van der Waals surface area contributed by atoms with E-state index in [9.17, 15) is 13.2 Å². The number of aromatic nitrogens is 2. The number of rotatable bonds is 3. The number of sulfone groups is 1. The summed E-state index contributed by atoms with van der Waals surface area (Å²) in [7, 11) is -3.04. The van der Waals surface area contributed by atoms with Gasteiger partial charge in [-0.25, -0.2) is 17.6 Å². The zero-order valence-electron chi connectivity index (χ0n) is 21.6. The maximum Gasteiger partial charge on any atom is 0.410 e. The van der Waals surface area contributed by atoms with Gasteiger partial charge in [-0.3, -0.25) is 0 Å². The van der Waals surface area contributed by atoms with Crippen LogP contribution in [0.4, 0.5) is 15.0 Å². The Hall–Kier alpha value is -1.48. The number of nitrogens with zero attached hydrogens (tertiary/aromatic N) is 4. The number of likely N-dealkylation sites (tertiary alicyclic amines) is 1. The minimum Gasteiger partial charge on any atom is -0.460 e. The van der Waals surface area contributed by atoms with Gasteiger partial charge < -0.3 is 19.3 Å². The molecule has 4 heterocycles. The maximum atomic E-state index is 15.3. The molecule has 0 atom stereocenters. The number of amides is 1. The molecule has 3 aliphatic heterocycles. The first-order valence-corrected chi connectivity index (χ1v) is 16.4. The molecule has 9 nitrogen and oxygen atoms in total. The molecular weight excluding hydrogens is 694 g/mol. The second-order valence-electron chi connectivity index (χ2n) is 11.5. The third-order valence-electron chi connectivity index (χ3n) is 7.39. The van der Waals surface area contributed by atoms with Gasteiger partial charge in [0.05, 0.1) is 16.0 Å². The van der Waals surface area contributed by atoms with Crippen molar-refractivity contribution in [3.63, 3.8) is 0 Å². The number of hydrogen-bond acceptors (Lipinski definition) is 8. The van der Waals surface area contributed by atoms with Crippen LogP contribution in [0.3, 0.4) is 0 Å². The SMILES string of the molecule is CC(C)(C)OC(=O)N1CC2(CCN(c3nc(OC4CCS(=O)(=O)CC4)nc4c(F)c(Br)c(I)cc34)CC2)C1. The van der Waals surface area contributed by atoms with E-state index in [4.69, 9.17) is 14.5 Å². The van der Waals surface area contributed by atoms with Gasteiger partial charge in [0, 0.05) is 40.6 Å². The van der Waals surface area contributed by atoms with E-state index in [0.29, 0.717) is 58.3 Å². The van der Waals surface area contributed by atoms with Crippen molar-refractivity contribution < 1.29 is 27.1 Å². The van der Waals surface area contributed by atoms with E-state index in [0.717, 1.165) is 12.8 Å². The summed E-state index contributed by atoms with van der Waals surface area (Å²) in [6, 6.07) is 1.93. The first kappa shape index (κ1) is 28.1. The van der Waals surface area contributed by atoms with E-state index < -0.39 is 21.3 Å². The summed E-state index contributed by atoms with van der Waals surface area (Å²) in [5, 5.41) is 0.605. The third-order valence-corrected chi connectivity index (χ3v) is 11.5. The average molecular weight is 725 g/mol. The second-order valence-corrected chi connectivity index (χ2v) is 15.8. The summed E-state index contributed by atoms with van der Waals surface area (Å²) in [6.07, 6.45) is 1.84. The highest BCUT2D eigenvalue weighted by Crippen LogP contribution is 2.43. The van der Waals surface area contributed by atoms with E-state index >= 15 is 4.39 Å². The Morgan fingerprint density at radius 3 is 2.42 bits per heavy atom. The topological polar surface area (TPSA) is 102 Å². The van der Waals surface area contributed by atoms with Gasteiger partial charge in [0.1, 0.15) is 23.0 Å². The van der Waals surface area contributed by atoms with Crippen molar-refractivity contribution in [2.75, 3.05) is 42.6 Å². The fraction of sp³-hybridized carbons (Fsp3) is 0.640. The molecule has 0 radical (unpaired) electrons. The molecule has 1 aromatic heterocycles. The van der Waals surface area contributed by atoms with Crippen molar-refractivity contribution in [2.45, 2.75) is 58.2 Å². The van der Waals surface area contributed by atoms with Gasteiger partial charge in [-0.15, -0.1) is 0 Å². The molecule has 13 heteroatoms. The van der Waals surface area contributed by atoms with E-state index in [1.165, 1.54) is 0 Å². The van der Waals surface area contributed by atoms with Crippen molar-refractivity contribution >= 4 is 71.2 Å². The number of hydrogen-bond donors (Lipinski definition) is 0. The minimum absolute atomic E-state index is 0.0475. The molecule has 0 bridgehead atoms. The predicted octanol–water partition coefficient (Wildman–Crippen LogP) is 4.93. The van der Waals surface area contributed by atoms with Gasteiger partial charge in [-0.2, -0.15) is 9.97 Å². The number of fused-ring (bicyclic) bond motifs is 1. The summed E-state index contributed by atoms with van der Waals surface area (Å²) in [5.74, 6) is 0.248. The summed E-state index contributed by atoms with van der Waals surface area (Å²) in [6.45, 7) is 8.32. The van der Waals surface area contributed by atoms with Crippen LogP contribution in [-0.4, -0.2) is 78.8 Å². The Bertz CT molecular complexity index is 1360. The van der Waals surface area contributed by atoms with Crippen molar-refractivity contribution in [1.82, 2.24) is 14.9 Å². The van der Waals surface area contributed by atoms with Crippen molar-refractivity contribution in [3.8, 4) is 6.01 Å². The minimum atomic E-state index is -3.04. The van der Waals surface area contributed by atoms with Gasteiger partial charge in [0.15, 0.2) is 15.7 Å². The number of carbonyl (C=O) groups excluding carboxylic acids is 1. The standard InChI is InChI=1S/C25H31BrFIN4O5S/c1-24(2,3)37-23(33)32-13-25(14-32)6-8-31(9-7-25)21-16-12-17(28)18(26)19(27)20(16)29-22(30-21)36-15-4-10-38(34,35)11-5-15/h12,15H,4-11,13-14H2,1-3H3. The molecule has 0 aliphatic carbocycles. The molecule has 0 saturated carbocycles. The fourth-order valence-corrected chi connectivity index (χ4v) is 7.59. The Morgan fingerprint density at radius 1 is 1.18 bits per heavy atom. The molecule has 5 rings (SSSR count). The van der Waals surface area contributed by atoms with Gasteiger partial charge in [-0.1, -0.05) is 0 Å². The van der Waals surface area contributed by atoms with Gasteiger partial charge in [-0.05, 0) is 91.0 Å². The zero-order valence-corrected chi connectivity index (χ0v) is 26.2. The fourth-order valence-electron chi connectivity index (χ4n) is 5.29. The zero-order chi connectivity index (χ0) is 27.5. The Labute approximate surface area is 244 Å². The van der Waals surface area contributed by atoms with E-state index in [-0.39, 0.29) is 40.6 Å². The quantitative estimate of drug-likeness (QED) is 0.325. The normalized spacial score (nSPS) is 21.4. The second kappa shape index (κ2) is 10.2. The summed E-state index contributed by atoms with van der Waals surface area (Å²) in [4.78, 5) is 25.4. The first-order valence-electron chi connectivity index (χ1n) is 12.7. The number of ether oxygens (including phenoxy) is 2. The lowest BCUT2D eigenvalue weighted by Gasteiger charge is -2.53. The largest absolute Gasteiger partial charge is 0.460 e. The van der Waals surface area contributed by atoms with Crippen molar-refractivity contribution in [1.29, 1.82) is 0 Å². The Balaban J connectivity index is 1.35. The highest BCUT2D eigenvalue weighted by Gasteiger charge is 2.48. The molecule has 38 heavy (non-hydrogen) atoms. The molecule has 3 saturated heterocycles. The number of carbonyl (C=O) groups is 1. The van der Waals surface area contributed by atoms with Crippen LogP contribution in [0.25, 0.3) is 10.9 Å². The smallest absolute Gasteiger partial charge is 0.410 e. The number of benzene rings is 1. The van der Waals surface area contributed by atoms with Crippen molar-refractivity contribution in [2.24, 2.45) is 5.41 Å². The molecule has 3 fully saturated rings. The molecule has 3 aliphatic rings. The first-order chi connectivity index (χ1) is 17.7. The van der Waals surface area contributed by atoms with Crippen LogP contribution in [0, 0.1) is 14.8 Å². The van der Waals surface area contributed by atoms with Crippen molar-refractivity contribution in [3.05, 3.63) is 19.9 Å². The number of anilines is 1. The number of halogens is 3. The van der Waals surface area contributed by atoms with Gasteiger partial charge in [0.25, 0.3) is 0 Å². The lowest BCUT2D eigenvalue weighted by atomic mass is 9.72. The third kappa shape index (κ3) is 5.84. The van der Waals surface area contributed by atoms with Gasteiger partial charge >= 0.3 is 12.1 Å². The van der Waals surface area contributed by atoms with Crippen LogP contribution in [0.1, 0.15) is 46.5 Å². The van der Waals surface area contributed by atoms with Crippen LogP contribution in [0.2, 0.25) is 0 Å². The lowest BCUT2D eigenvalue weighted by molar-refractivity contribution is -0.0434. The molecular formula is C25H31BrFIN4O5S. The average Bonchev–Trinajstić information content (AvgIpc) is 2.81. The van der Waals surface area contributed by atoms with Crippen LogP contribution in [0.15, 0.2) is 10.5 Å². The highest BCUT2D eigenvalue weighted by atomic mass is 127. The Morgan fingerprint density at radius 2 is 1.82 bits per heavy atom. The summed E-state index contributed by atoms with van der Waals surface area (Å²) in [5.41, 5.74) is -0.308. The van der Waals surface area contributed by atoms with Crippen LogP contribution < -0.4 is 9.64 Å². The molecule has 0 unspecified atom stereocenters. The molecule has 1 spiro atoms. The number of piperidine rings is 1. The molecule has 1 aromatic carbocycles. The highest BCUT2D eigenvalue weighted by molar-refractivity contribution is 14.1. The predicted molar refractivity (Wildman–Crippen MR) is 154 cm³/mol. The summed E-state index contributed by atoms with van der Waals surface area (Å²) < 4.78 is 51.5.